The van der Waals surface area contributed by atoms with Crippen LogP contribution in [0.15, 0.2) is 35.4 Å². The monoisotopic (exact) mass is 381 g/mol. The first-order valence-electron chi connectivity index (χ1n) is 9.28. The molecule has 1 amide bonds. The smallest absolute Gasteiger partial charge is 0.237 e. The first-order chi connectivity index (χ1) is 12.8. The molecule has 0 aliphatic carbocycles. The molecule has 1 aromatic carbocycles. The number of nitrogens with zero attached hydrogens (tertiary/aromatic N) is 2. The second-order valence-electron chi connectivity index (χ2n) is 7.19. The van der Waals surface area contributed by atoms with Crippen molar-refractivity contribution < 1.29 is 4.79 Å². The van der Waals surface area contributed by atoms with Gasteiger partial charge in [0, 0.05) is 11.4 Å². The van der Waals surface area contributed by atoms with Gasteiger partial charge in [-0.1, -0.05) is 44.7 Å². The Balaban J connectivity index is 2.21. The van der Waals surface area contributed by atoms with Crippen molar-refractivity contribution in [3.05, 3.63) is 52.7 Å². The van der Waals surface area contributed by atoms with E-state index in [4.69, 9.17) is 0 Å². The lowest BCUT2D eigenvalue weighted by Gasteiger charge is -2.17. The van der Waals surface area contributed by atoms with E-state index in [2.05, 4.69) is 30.2 Å². The summed E-state index contributed by atoms with van der Waals surface area (Å²) in [7, 11) is 0. The molecule has 4 nitrogen and oxygen atoms in total. The van der Waals surface area contributed by atoms with Crippen molar-refractivity contribution in [1.29, 1.82) is 5.26 Å². The number of anilines is 1. The van der Waals surface area contributed by atoms with Gasteiger partial charge in [-0.2, -0.15) is 5.26 Å². The lowest BCUT2D eigenvalue weighted by molar-refractivity contribution is -0.115. The van der Waals surface area contributed by atoms with Crippen LogP contribution >= 0.6 is 11.8 Å². The second-order valence-corrected chi connectivity index (χ2v) is 8.38. The summed E-state index contributed by atoms with van der Waals surface area (Å²) in [5, 5.41) is 12.8. The van der Waals surface area contributed by atoms with E-state index in [1.165, 1.54) is 11.8 Å². The number of carbonyl (C=O) groups is 1. The van der Waals surface area contributed by atoms with Crippen LogP contribution in [0.4, 0.5) is 5.69 Å². The predicted molar refractivity (Wildman–Crippen MR) is 112 cm³/mol. The van der Waals surface area contributed by atoms with Crippen LogP contribution < -0.4 is 5.32 Å². The highest BCUT2D eigenvalue weighted by Crippen LogP contribution is 2.29. The third-order valence-corrected chi connectivity index (χ3v) is 5.59. The van der Waals surface area contributed by atoms with E-state index in [1.54, 1.807) is 0 Å². The summed E-state index contributed by atoms with van der Waals surface area (Å²) in [6.07, 6.45) is 1.51. The van der Waals surface area contributed by atoms with E-state index < -0.39 is 0 Å². The highest BCUT2D eigenvalue weighted by Gasteiger charge is 2.21. The number of aryl methyl sites for hydroxylation is 2. The van der Waals surface area contributed by atoms with Crippen molar-refractivity contribution in [2.24, 2.45) is 5.92 Å². The molecule has 1 heterocycles. The maximum atomic E-state index is 12.8. The van der Waals surface area contributed by atoms with Crippen LogP contribution in [0.25, 0.3) is 0 Å². The Morgan fingerprint density at radius 1 is 1.26 bits per heavy atom. The Morgan fingerprint density at radius 3 is 2.63 bits per heavy atom. The van der Waals surface area contributed by atoms with Crippen LogP contribution in [0.3, 0.4) is 0 Å². The standard InChI is InChI=1S/C22H27N3OS/c1-6-20(21(26)25-19-12-15(4)7-8-16(19)5)27-22-17(13-23)9-10-18(24-22)11-14(2)3/h7-10,12,14,20H,6,11H2,1-5H3,(H,25,26). The molecule has 5 heteroatoms. The zero-order chi connectivity index (χ0) is 20.0. The molecule has 0 bridgehead atoms. The van der Waals surface area contributed by atoms with Gasteiger partial charge in [0.1, 0.15) is 11.1 Å². The molecule has 0 saturated heterocycles. The predicted octanol–water partition coefficient (Wildman–Crippen LogP) is 5.28. The molecule has 1 unspecified atom stereocenters. The first-order valence-corrected chi connectivity index (χ1v) is 10.2. The molecule has 1 atom stereocenters. The van der Waals surface area contributed by atoms with Gasteiger partial charge in [0.25, 0.3) is 0 Å². The zero-order valence-corrected chi connectivity index (χ0v) is 17.5. The van der Waals surface area contributed by atoms with Gasteiger partial charge in [0.2, 0.25) is 5.91 Å². The second kappa shape index (κ2) is 9.57. The molecule has 142 valence electrons. The number of aromatic nitrogens is 1. The number of nitrogens with one attached hydrogen (secondary N) is 1. The number of rotatable bonds is 7. The summed E-state index contributed by atoms with van der Waals surface area (Å²) in [5.41, 5.74) is 4.44. The summed E-state index contributed by atoms with van der Waals surface area (Å²) in [5.74, 6) is 0.425. The van der Waals surface area contributed by atoms with Crippen molar-refractivity contribution in [2.45, 2.75) is 57.7 Å². The molecular weight excluding hydrogens is 354 g/mol. The summed E-state index contributed by atoms with van der Waals surface area (Å²) in [4.78, 5) is 17.5. The van der Waals surface area contributed by atoms with E-state index in [-0.39, 0.29) is 11.2 Å². The number of benzene rings is 1. The molecule has 0 aliphatic rings. The summed E-state index contributed by atoms with van der Waals surface area (Å²) < 4.78 is 0. The van der Waals surface area contributed by atoms with Crippen LogP contribution in [-0.2, 0) is 11.2 Å². The van der Waals surface area contributed by atoms with Gasteiger partial charge in [0.05, 0.1) is 10.8 Å². The van der Waals surface area contributed by atoms with Crippen molar-refractivity contribution in [1.82, 2.24) is 4.98 Å². The Kier molecular flexibility index (Phi) is 7.44. The van der Waals surface area contributed by atoms with Crippen LogP contribution in [0.5, 0.6) is 0 Å². The molecule has 27 heavy (non-hydrogen) atoms. The van der Waals surface area contributed by atoms with Crippen molar-refractivity contribution >= 4 is 23.4 Å². The minimum atomic E-state index is -0.307. The van der Waals surface area contributed by atoms with Gasteiger partial charge < -0.3 is 5.32 Å². The number of hydrogen-bond acceptors (Lipinski definition) is 4. The van der Waals surface area contributed by atoms with E-state index in [0.29, 0.717) is 22.9 Å². The van der Waals surface area contributed by atoms with Crippen LogP contribution in [0, 0.1) is 31.1 Å². The molecule has 2 rings (SSSR count). The van der Waals surface area contributed by atoms with Gasteiger partial charge in [-0.25, -0.2) is 4.98 Å². The third-order valence-electron chi connectivity index (χ3n) is 4.22. The number of thioether (sulfide) groups is 1. The topological polar surface area (TPSA) is 65.8 Å². The van der Waals surface area contributed by atoms with Crippen molar-refractivity contribution in [3.63, 3.8) is 0 Å². The fourth-order valence-electron chi connectivity index (χ4n) is 2.73. The highest BCUT2D eigenvalue weighted by atomic mass is 32.2. The number of carbonyl (C=O) groups excluding carboxylic acids is 1. The molecular formula is C22H27N3OS. The lowest BCUT2D eigenvalue weighted by Crippen LogP contribution is -2.25. The molecule has 0 saturated carbocycles. The van der Waals surface area contributed by atoms with Gasteiger partial charge in [0.15, 0.2) is 0 Å². The van der Waals surface area contributed by atoms with Gasteiger partial charge in [-0.05, 0) is 61.9 Å². The minimum Gasteiger partial charge on any atom is -0.325 e. The van der Waals surface area contributed by atoms with E-state index in [0.717, 1.165) is 28.9 Å². The minimum absolute atomic E-state index is 0.0591. The maximum Gasteiger partial charge on any atom is 0.237 e. The Hall–Kier alpha value is -2.32. The largest absolute Gasteiger partial charge is 0.325 e. The van der Waals surface area contributed by atoms with Crippen LogP contribution in [0.2, 0.25) is 0 Å². The molecule has 1 aromatic heterocycles. The molecule has 0 radical (unpaired) electrons. The number of nitriles is 1. The summed E-state index contributed by atoms with van der Waals surface area (Å²) in [6, 6.07) is 11.9. The van der Waals surface area contributed by atoms with Crippen LogP contribution in [0.1, 0.15) is 49.6 Å². The maximum absolute atomic E-state index is 12.8. The zero-order valence-electron chi connectivity index (χ0n) is 16.7. The summed E-state index contributed by atoms with van der Waals surface area (Å²) in [6.45, 7) is 10.2. The van der Waals surface area contributed by atoms with Gasteiger partial charge in [-0.15, -0.1) is 0 Å². The third kappa shape index (κ3) is 5.83. The van der Waals surface area contributed by atoms with E-state index >= 15 is 0 Å². The molecule has 0 spiro atoms. The fraction of sp³-hybridized carbons (Fsp3) is 0.409. The number of hydrogen-bond donors (Lipinski definition) is 1. The SMILES string of the molecule is CCC(Sc1nc(CC(C)C)ccc1C#N)C(=O)Nc1cc(C)ccc1C. The lowest BCUT2D eigenvalue weighted by atomic mass is 10.1. The van der Waals surface area contributed by atoms with Gasteiger partial charge in [-0.3, -0.25) is 4.79 Å². The van der Waals surface area contributed by atoms with Gasteiger partial charge >= 0.3 is 0 Å². The van der Waals surface area contributed by atoms with Crippen molar-refractivity contribution in [2.75, 3.05) is 5.32 Å². The first kappa shape index (κ1) is 21.0. The normalized spacial score (nSPS) is 11.9. The Bertz CT molecular complexity index is 855. The Morgan fingerprint density at radius 2 is 2.00 bits per heavy atom. The Labute approximate surface area is 166 Å². The average Bonchev–Trinajstić information content (AvgIpc) is 2.62. The average molecular weight is 382 g/mol. The van der Waals surface area contributed by atoms with E-state index in [1.807, 2.05) is 51.1 Å². The van der Waals surface area contributed by atoms with Crippen LogP contribution in [-0.4, -0.2) is 16.1 Å². The summed E-state index contributed by atoms with van der Waals surface area (Å²) >= 11 is 1.37. The number of amides is 1. The molecule has 1 N–H and O–H groups in total. The van der Waals surface area contributed by atoms with E-state index in [9.17, 15) is 10.1 Å². The molecule has 0 aliphatic heterocycles. The molecule has 0 fully saturated rings. The molecule has 2 aromatic rings. The quantitative estimate of drug-likeness (QED) is 0.663. The fourth-order valence-corrected chi connectivity index (χ4v) is 3.74. The highest BCUT2D eigenvalue weighted by molar-refractivity contribution is 8.00. The van der Waals surface area contributed by atoms with Crippen molar-refractivity contribution in [3.8, 4) is 6.07 Å². The number of pyridine rings is 1.